The highest BCUT2D eigenvalue weighted by Crippen LogP contribution is 2.18. The van der Waals surface area contributed by atoms with E-state index in [9.17, 15) is 4.79 Å². The van der Waals surface area contributed by atoms with Gasteiger partial charge in [-0.15, -0.1) is 0 Å². The zero-order valence-electron chi connectivity index (χ0n) is 11.4. The summed E-state index contributed by atoms with van der Waals surface area (Å²) in [6, 6.07) is 3.72. The van der Waals surface area contributed by atoms with Crippen LogP contribution in [0.3, 0.4) is 0 Å². The van der Waals surface area contributed by atoms with Crippen molar-refractivity contribution < 1.29 is 4.79 Å². The number of anilines is 1. The van der Waals surface area contributed by atoms with Crippen LogP contribution < -0.4 is 5.73 Å². The maximum Gasteiger partial charge on any atom is 0.242 e. The topological polar surface area (TPSA) is 75.0 Å². The second-order valence-electron chi connectivity index (χ2n) is 5.06. The third-order valence-corrected chi connectivity index (χ3v) is 3.77. The highest BCUT2D eigenvalue weighted by atomic mass is 16.2. The number of nitrogens with two attached hydrogens (primary N) is 1. The third kappa shape index (κ3) is 2.90. The number of likely N-dealkylation sites (tertiary alicyclic amines) is 1. The average Bonchev–Trinajstić information content (AvgIpc) is 2.65. The maximum absolute atomic E-state index is 12.3. The standard InChI is InChI=1S/C14H20N4O/c1-11-13(16)8-12(9-15)18(11)10-14(19)17-6-4-2-3-5-7-17/h8H,2-7,10,16H2,1H3. The van der Waals surface area contributed by atoms with Gasteiger partial charge in [0.25, 0.3) is 0 Å². The first-order valence-corrected chi connectivity index (χ1v) is 6.77. The van der Waals surface area contributed by atoms with Crippen LogP contribution in [0.2, 0.25) is 0 Å². The SMILES string of the molecule is Cc1c(N)cc(C#N)n1CC(=O)N1CCCCCC1. The van der Waals surface area contributed by atoms with E-state index in [1.54, 1.807) is 10.6 Å². The molecule has 0 aromatic carbocycles. The van der Waals surface area contributed by atoms with Crippen LogP contribution in [0.5, 0.6) is 0 Å². The molecule has 2 rings (SSSR count). The van der Waals surface area contributed by atoms with E-state index in [2.05, 4.69) is 6.07 Å². The molecule has 5 heteroatoms. The molecule has 0 saturated carbocycles. The van der Waals surface area contributed by atoms with Crippen molar-refractivity contribution in [3.8, 4) is 6.07 Å². The Balaban J connectivity index is 2.12. The molecule has 1 amide bonds. The Morgan fingerprint density at radius 3 is 2.58 bits per heavy atom. The Morgan fingerprint density at radius 2 is 2.00 bits per heavy atom. The van der Waals surface area contributed by atoms with E-state index in [1.165, 1.54) is 12.8 Å². The highest BCUT2D eigenvalue weighted by molar-refractivity contribution is 5.76. The maximum atomic E-state index is 12.3. The summed E-state index contributed by atoms with van der Waals surface area (Å²) in [6.45, 7) is 3.71. The van der Waals surface area contributed by atoms with Crippen molar-refractivity contribution in [2.24, 2.45) is 0 Å². The average molecular weight is 260 g/mol. The fourth-order valence-electron chi connectivity index (χ4n) is 2.52. The number of nitriles is 1. The smallest absolute Gasteiger partial charge is 0.242 e. The fraction of sp³-hybridized carbons (Fsp3) is 0.571. The van der Waals surface area contributed by atoms with Crippen molar-refractivity contribution in [1.82, 2.24) is 9.47 Å². The minimum Gasteiger partial charge on any atom is -0.397 e. The molecule has 1 aromatic heterocycles. The van der Waals surface area contributed by atoms with E-state index in [0.717, 1.165) is 31.6 Å². The van der Waals surface area contributed by atoms with Gasteiger partial charge in [0, 0.05) is 18.8 Å². The molecule has 1 aromatic rings. The van der Waals surface area contributed by atoms with Gasteiger partial charge in [0.2, 0.25) is 5.91 Å². The predicted molar refractivity (Wildman–Crippen MR) is 73.3 cm³/mol. The van der Waals surface area contributed by atoms with Gasteiger partial charge in [-0.3, -0.25) is 4.79 Å². The van der Waals surface area contributed by atoms with Crippen LogP contribution in [0.25, 0.3) is 0 Å². The molecule has 1 aliphatic heterocycles. The first kappa shape index (κ1) is 13.5. The van der Waals surface area contributed by atoms with Crippen LogP contribution in [0.15, 0.2) is 6.07 Å². The van der Waals surface area contributed by atoms with E-state index in [4.69, 9.17) is 11.0 Å². The molecule has 0 bridgehead atoms. The summed E-state index contributed by atoms with van der Waals surface area (Å²) < 4.78 is 1.71. The van der Waals surface area contributed by atoms with Crippen LogP contribution in [-0.4, -0.2) is 28.5 Å². The molecular formula is C14H20N4O. The van der Waals surface area contributed by atoms with Gasteiger partial charge < -0.3 is 15.2 Å². The summed E-state index contributed by atoms with van der Waals surface area (Å²) >= 11 is 0. The molecule has 19 heavy (non-hydrogen) atoms. The van der Waals surface area contributed by atoms with E-state index < -0.39 is 0 Å². The predicted octanol–water partition coefficient (Wildman–Crippen LogP) is 1.65. The van der Waals surface area contributed by atoms with Gasteiger partial charge >= 0.3 is 0 Å². The molecule has 102 valence electrons. The van der Waals surface area contributed by atoms with Gasteiger partial charge in [-0.25, -0.2) is 0 Å². The fourth-order valence-corrected chi connectivity index (χ4v) is 2.52. The van der Waals surface area contributed by atoms with E-state index in [0.29, 0.717) is 11.4 Å². The van der Waals surface area contributed by atoms with Gasteiger partial charge in [0.1, 0.15) is 18.3 Å². The summed E-state index contributed by atoms with van der Waals surface area (Å²) in [4.78, 5) is 14.2. The number of hydrogen-bond donors (Lipinski definition) is 1. The summed E-state index contributed by atoms with van der Waals surface area (Å²) in [5.41, 5.74) is 7.62. The molecule has 1 fully saturated rings. The number of hydrogen-bond acceptors (Lipinski definition) is 3. The summed E-state index contributed by atoms with van der Waals surface area (Å²) in [5.74, 6) is 0.0806. The third-order valence-electron chi connectivity index (χ3n) is 3.77. The molecule has 0 atom stereocenters. The second-order valence-corrected chi connectivity index (χ2v) is 5.06. The van der Waals surface area contributed by atoms with Crippen molar-refractivity contribution in [1.29, 1.82) is 5.26 Å². The first-order valence-electron chi connectivity index (χ1n) is 6.77. The Kier molecular flexibility index (Phi) is 4.10. The van der Waals surface area contributed by atoms with Gasteiger partial charge in [-0.2, -0.15) is 5.26 Å². The van der Waals surface area contributed by atoms with E-state index >= 15 is 0 Å². The Labute approximate surface area is 113 Å². The Morgan fingerprint density at radius 1 is 1.37 bits per heavy atom. The zero-order valence-corrected chi connectivity index (χ0v) is 11.4. The van der Waals surface area contributed by atoms with Crippen LogP contribution in [-0.2, 0) is 11.3 Å². The Hall–Kier alpha value is -1.96. The molecule has 1 aliphatic rings. The number of nitrogen functional groups attached to an aromatic ring is 1. The molecule has 0 unspecified atom stereocenters. The molecule has 2 heterocycles. The minimum atomic E-state index is 0.0806. The lowest BCUT2D eigenvalue weighted by molar-refractivity contribution is -0.131. The molecule has 2 N–H and O–H groups in total. The van der Waals surface area contributed by atoms with Crippen molar-refractivity contribution in [2.45, 2.75) is 39.2 Å². The van der Waals surface area contributed by atoms with Crippen molar-refractivity contribution >= 4 is 11.6 Å². The monoisotopic (exact) mass is 260 g/mol. The lowest BCUT2D eigenvalue weighted by Crippen LogP contribution is -2.35. The van der Waals surface area contributed by atoms with E-state index in [1.807, 2.05) is 11.8 Å². The summed E-state index contributed by atoms with van der Waals surface area (Å²) in [6.07, 6.45) is 4.54. The quantitative estimate of drug-likeness (QED) is 0.878. The van der Waals surface area contributed by atoms with Gasteiger partial charge in [-0.05, 0) is 25.8 Å². The molecule has 1 saturated heterocycles. The molecule has 5 nitrogen and oxygen atoms in total. The lowest BCUT2D eigenvalue weighted by atomic mass is 10.2. The second kappa shape index (κ2) is 5.79. The first-order chi connectivity index (χ1) is 9.13. The van der Waals surface area contributed by atoms with Gasteiger partial charge in [-0.1, -0.05) is 12.8 Å². The van der Waals surface area contributed by atoms with Crippen LogP contribution in [0.4, 0.5) is 5.69 Å². The van der Waals surface area contributed by atoms with Crippen LogP contribution in [0.1, 0.15) is 37.1 Å². The van der Waals surface area contributed by atoms with Crippen molar-refractivity contribution in [3.63, 3.8) is 0 Å². The van der Waals surface area contributed by atoms with E-state index in [-0.39, 0.29) is 12.5 Å². The molecule has 0 radical (unpaired) electrons. The lowest BCUT2D eigenvalue weighted by Gasteiger charge is -2.21. The summed E-state index contributed by atoms with van der Waals surface area (Å²) in [7, 11) is 0. The van der Waals surface area contributed by atoms with Crippen LogP contribution >= 0.6 is 0 Å². The number of carbonyl (C=O) groups is 1. The number of carbonyl (C=O) groups excluding carboxylic acids is 1. The van der Waals surface area contributed by atoms with Crippen LogP contribution in [0, 0.1) is 18.3 Å². The van der Waals surface area contributed by atoms with Crippen molar-refractivity contribution in [3.05, 3.63) is 17.5 Å². The molecular weight excluding hydrogens is 240 g/mol. The Bertz CT molecular complexity index is 504. The number of nitrogens with zero attached hydrogens (tertiary/aromatic N) is 3. The number of rotatable bonds is 2. The van der Waals surface area contributed by atoms with Gasteiger partial charge in [0.05, 0.1) is 5.69 Å². The van der Waals surface area contributed by atoms with Crippen molar-refractivity contribution in [2.75, 3.05) is 18.8 Å². The highest BCUT2D eigenvalue weighted by Gasteiger charge is 2.18. The summed E-state index contributed by atoms with van der Waals surface area (Å²) in [5, 5.41) is 9.07. The number of aromatic nitrogens is 1. The van der Waals surface area contributed by atoms with Gasteiger partial charge in [0.15, 0.2) is 0 Å². The largest absolute Gasteiger partial charge is 0.397 e. The molecule has 0 aliphatic carbocycles. The zero-order chi connectivity index (χ0) is 13.8. The molecule has 0 spiro atoms. The minimum absolute atomic E-state index is 0.0806. The number of amides is 1. The normalized spacial score (nSPS) is 15.9.